The van der Waals surface area contributed by atoms with E-state index in [9.17, 15) is 4.39 Å². The van der Waals surface area contributed by atoms with Crippen molar-refractivity contribution in [3.8, 4) is 16.8 Å². The molecule has 0 atom stereocenters. The summed E-state index contributed by atoms with van der Waals surface area (Å²) in [7, 11) is 0. The van der Waals surface area contributed by atoms with E-state index >= 15 is 0 Å². The molecular formula is C19H20FN3. The second-order valence-corrected chi connectivity index (χ2v) is 6.80. The van der Waals surface area contributed by atoms with Crippen LogP contribution in [-0.2, 0) is 5.41 Å². The molecule has 3 nitrogen and oxygen atoms in total. The van der Waals surface area contributed by atoms with E-state index in [0.29, 0.717) is 5.56 Å². The van der Waals surface area contributed by atoms with Gasteiger partial charge in [0.2, 0.25) is 0 Å². The maximum absolute atomic E-state index is 14.2. The van der Waals surface area contributed by atoms with Crippen molar-refractivity contribution in [3.63, 3.8) is 0 Å². The summed E-state index contributed by atoms with van der Waals surface area (Å²) in [6.07, 6.45) is 1.92. The van der Waals surface area contributed by atoms with E-state index in [4.69, 9.17) is 0 Å². The number of halogens is 1. The third kappa shape index (κ3) is 3.02. The van der Waals surface area contributed by atoms with Crippen molar-refractivity contribution in [1.29, 1.82) is 0 Å². The minimum Gasteiger partial charge on any atom is -0.220 e. The molecule has 3 rings (SSSR count). The molecule has 0 aliphatic rings. The second-order valence-electron chi connectivity index (χ2n) is 6.80. The van der Waals surface area contributed by atoms with Gasteiger partial charge in [-0.1, -0.05) is 56.3 Å². The Bertz CT molecular complexity index is 844. The summed E-state index contributed by atoms with van der Waals surface area (Å²) in [5.41, 5.74) is 4.11. The average Bonchev–Trinajstić information content (AvgIpc) is 2.98. The monoisotopic (exact) mass is 309 g/mol. The van der Waals surface area contributed by atoms with Crippen molar-refractivity contribution >= 4 is 0 Å². The van der Waals surface area contributed by atoms with Gasteiger partial charge in [0, 0.05) is 16.5 Å². The highest BCUT2D eigenvalue weighted by atomic mass is 19.1. The van der Waals surface area contributed by atoms with Gasteiger partial charge < -0.3 is 0 Å². The van der Waals surface area contributed by atoms with Gasteiger partial charge in [0.1, 0.15) is 5.82 Å². The van der Waals surface area contributed by atoms with Gasteiger partial charge >= 0.3 is 0 Å². The van der Waals surface area contributed by atoms with Gasteiger partial charge in [-0.05, 0) is 24.6 Å². The number of rotatable bonds is 2. The maximum atomic E-state index is 14.2. The highest BCUT2D eigenvalue weighted by molar-refractivity contribution is 5.73. The topological polar surface area (TPSA) is 30.7 Å². The summed E-state index contributed by atoms with van der Waals surface area (Å²) in [4.78, 5) is 0. The summed E-state index contributed by atoms with van der Waals surface area (Å²) in [6, 6.07) is 12.7. The van der Waals surface area contributed by atoms with Crippen LogP contribution in [0.3, 0.4) is 0 Å². The number of hydrogen-bond acceptors (Lipinski definition) is 2. The first kappa shape index (κ1) is 15.4. The summed E-state index contributed by atoms with van der Waals surface area (Å²) in [6.45, 7) is 8.29. The molecular weight excluding hydrogens is 289 g/mol. The first-order valence-corrected chi connectivity index (χ1v) is 7.65. The largest absolute Gasteiger partial charge is 0.220 e. The molecule has 0 radical (unpaired) electrons. The van der Waals surface area contributed by atoms with Crippen LogP contribution in [0.4, 0.5) is 4.39 Å². The third-order valence-electron chi connectivity index (χ3n) is 3.83. The maximum Gasteiger partial charge on any atom is 0.131 e. The average molecular weight is 309 g/mol. The van der Waals surface area contributed by atoms with Crippen molar-refractivity contribution in [2.45, 2.75) is 33.1 Å². The van der Waals surface area contributed by atoms with Crippen molar-refractivity contribution in [2.24, 2.45) is 0 Å². The lowest BCUT2D eigenvalue weighted by Crippen LogP contribution is -2.11. The zero-order valence-electron chi connectivity index (χ0n) is 13.8. The number of aromatic nitrogens is 3. The Morgan fingerprint density at radius 3 is 2.39 bits per heavy atom. The number of benzene rings is 2. The van der Waals surface area contributed by atoms with Gasteiger partial charge in [0.05, 0.1) is 17.6 Å². The number of nitrogens with zero attached hydrogens (tertiary/aromatic N) is 3. The fourth-order valence-electron chi connectivity index (χ4n) is 2.46. The first-order valence-electron chi connectivity index (χ1n) is 7.65. The van der Waals surface area contributed by atoms with Crippen LogP contribution in [0.25, 0.3) is 16.8 Å². The Kier molecular flexibility index (Phi) is 3.76. The standard InChI is InChI=1S/C19H20FN3/c1-13-9-10-15(14-7-5-6-8-16(14)20)17(11-13)23-12-18(21-22-23)19(2,3)4/h5-12H,1-4H3. The lowest BCUT2D eigenvalue weighted by atomic mass is 9.93. The molecule has 1 heterocycles. The molecule has 3 aromatic rings. The number of hydrogen-bond donors (Lipinski definition) is 0. The fraction of sp³-hybridized carbons (Fsp3) is 0.263. The summed E-state index contributed by atoms with van der Waals surface area (Å²) >= 11 is 0. The molecule has 0 aliphatic carbocycles. The Balaban J connectivity index is 2.18. The van der Waals surface area contributed by atoms with E-state index in [2.05, 4.69) is 31.1 Å². The Morgan fingerprint density at radius 1 is 1.00 bits per heavy atom. The quantitative estimate of drug-likeness (QED) is 0.688. The molecule has 0 amide bonds. The van der Waals surface area contributed by atoms with Crippen LogP contribution in [0, 0.1) is 12.7 Å². The lowest BCUT2D eigenvalue weighted by molar-refractivity contribution is 0.566. The normalized spacial score (nSPS) is 11.7. The van der Waals surface area contributed by atoms with E-state index in [0.717, 1.165) is 22.5 Å². The predicted molar refractivity (Wildman–Crippen MR) is 90.2 cm³/mol. The van der Waals surface area contributed by atoms with Gasteiger partial charge in [0.25, 0.3) is 0 Å². The van der Waals surface area contributed by atoms with Crippen LogP contribution < -0.4 is 0 Å². The molecule has 0 spiro atoms. The zero-order chi connectivity index (χ0) is 16.6. The minimum atomic E-state index is -0.242. The van der Waals surface area contributed by atoms with E-state index in [1.54, 1.807) is 16.8 Å². The Morgan fingerprint density at radius 2 is 1.74 bits per heavy atom. The molecule has 23 heavy (non-hydrogen) atoms. The highest BCUT2D eigenvalue weighted by Crippen LogP contribution is 2.30. The molecule has 2 aromatic carbocycles. The smallest absolute Gasteiger partial charge is 0.131 e. The second kappa shape index (κ2) is 5.61. The lowest BCUT2D eigenvalue weighted by Gasteiger charge is -2.14. The molecule has 0 unspecified atom stereocenters. The van der Waals surface area contributed by atoms with Crippen LogP contribution in [-0.4, -0.2) is 15.0 Å². The van der Waals surface area contributed by atoms with Crippen LogP contribution in [0.5, 0.6) is 0 Å². The zero-order valence-corrected chi connectivity index (χ0v) is 13.8. The van der Waals surface area contributed by atoms with Crippen LogP contribution in [0.1, 0.15) is 32.0 Å². The molecule has 0 aliphatic heterocycles. The van der Waals surface area contributed by atoms with E-state index < -0.39 is 0 Å². The van der Waals surface area contributed by atoms with Crippen LogP contribution in [0.15, 0.2) is 48.7 Å². The van der Waals surface area contributed by atoms with E-state index in [-0.39, 0.29) is 11.2 Å². The van der Waals surface area contributed by atoms with Crippen LogP contribution in [0.2, 0.25) is 0 Å². The van der Waals surface area contributed by atoms with Gasteiger partial charge in [-0.3, -0.25) is 0 Å². The van der Waals surface area contributed by atoms with Gasteiger partial charge in [-0.15, -0.1) is 5.10 Å². The minimum absolute atomic E-state index is 0.0831. The predicted octanol–water partition coefficient (Wildman–Crippen LogP) is 4.68. The molecule has 0 saturated carbocycles. The summed E-state index contributed by atoms with van der Waals surface area (Å²) in [5.74, 6) is -0.242. The fourth-order valence-corrected chi connectivity index (χ4v) is 2.46. The van der Waals surface area contributed by atoms with Gasteiger partial charge in [-0.25, -0.2) is 9.07 Å². The molecule has 118 valence electrons. The summed E-state index contributed by atoms with van der Waals surface area (Å²) < 4.78 is 16.0. The van der Waals surface area contributed by atoms with E-state index in [1.165, 1.54) is 6.07 Å². The van der Waals surface area contributed by atoms with E-state index in [1.807, 2.05) is 37.4 Å². The molecule has 0 saturated heterocycles. The molecule has 4 heteroatoms. The SMILES string of the molecule is Cc1ccc(-c2ccccc2F)c(-n2cc(C(C)(C)C)nn2)c1. The Hall–Kier alpha value is -2.49. The number of aryl methyl sites for hydroxylation is 1. The third-order valence-corrected chi connectivity index (χ3v) is 3.83. The molecule has 0 fully saturated rings. The molecule has 1 aromatic heterocycles. The highest BCUT2D eigenvalue weighted by Gasteiger charge is 2.19. The van der Waals surface area contributed by atoms with Crippen LogP contribution >= 0.6 is 0 Å². The van der Waals surface area contributed by atoms with Gasteiger partial charge in [-0.2, -0.15) is 0 Å². The first-order chi connectivity index (χ1) is 10.9. The molecule has 0 N–H and O–H groups in total. The Labute approximate surface area is 135 Å². The van der Waals surface area contributed by atoms with Crippen molar-refractivity contribution in [2.75, 3.05) is 0 Å². The molecule has 0 bridgehead atoms. The van der Waals surface area contributed by atoms with Crippen molar-refractivity contribution in [1.82, 2.24) is 15.0 Å². The van der Waals surface area contributed by atoms with Crippen molar-refractivity contribution in [3.05, 3.63) is 65.7 Å². The van der Waals surface area contributed by atoms with Crippen molar-refractivity contribution < 1.29 is 4.39 Å². The summed E-state index contributed by atoms with van der Waals surface area (Å²) in [5, 5.41) is 8.52. The van der Waals surface area contributed by atoms with Gasteiger partial charge in [0.15, 0.2) is 0 Å².